The van der Waals surface area contributed by atoms with Gasteiger partial charge < -0.3 is 9.47 Å². The third kappa shape index (κ3) is 7.08. The van der Waals surface area contributed by atoms with Gasteiger partial charge >= 0.3 is 12.2 Å². The van der Waals surface area contributed by atoms with Crippen LogP contribution in [0.1, 0.15) is 66.6 Å². The molecule has 3 heterocycles. The minimum Gasteiger partial charge on any atom is -0.477 e. The van der Waals surface area contributed by atoms with Crippen LogP contribution >= 0.6 is 0 Å². The molecule has 1 fully saturated rings. The molecule has 2 aliphatic rings. The predicted molar refractivity (Wildman–Crippen MR) is 144 cm³/mol. The van der Waals surface area contributed by atoms with Crippen molar-refractivity contribution in [3.05, 3.63) is 53.3 Å². The Labute approximate surface area is 232 Å². The molecule has 2 aromatic heterocycles. The molecular weight excluding hydrogens is 521 g/mol. The van der Waals surface area contributed by atoms with Gasteiger partial charge in [-0.3, -0.25) is 14.7 Å². The number of halogens is 3. The van der Waals surface area contributed by atoms with Crippen LogP contribution in [-0.2, 0) is 13.0 Å². The summed E-state index contributed by atoms with van der Waals surface area (Å²) >= 11 is 0. The van der Waals surface area contributed by atoms with E-state index < -0.39 is 19.2 Å². The van der Waals surface area contributed by atoms with Gasteiger partial charge in [0.25, 0.3) is 0 Å². The van der Waals surface area contributed by atoms with Crippen molar-refractivity contribution in [1.82, 2.24) is 19.9 Å². The smallest absolute Gasteiger partial charge is 0.392 e. The minimum atomic E-state index is -4.29. The Morgan fingerprint density at radius 2 is 1.88 bits per heavy atom. The molecule has 7 nitrogen and oxygen atoms in total. The van der Waals surface area contributed by atoms with Gasteiger partial charge in [-0.15, -0.1) is 0 Å². The molecule has 5 rings (SSSR count). The van der Waals surface area contributed by atoms with Crippen molar-refractivity contribution in [2.24, 2.45) is 11.8 Å². The molecule has 1 aliphatic heterocycles. The van der Waals surface area contributed by atoms with Gasteiger partial charge in [-0.2, -0.15) is 23.1 Å². The molecule has 0 spiro atoms. The van der Waals surface area contributed by atoms with Crippen molar-refractivity contribution >= 4 is 16.7 Å². The zero-order valence-electron chi connectivity index (χ0n) is 22.8. The monoisotopic (exact) mass is 556 g/mol. The molecule has 40 heavy (non-hydrogen) atoms. The molecular formula is C30H35F3N4O3. The van der Waals surface area contributed by atoms with Crippen LogP contribution in [0.5, 0.6) is 11.9 Å². The third-order valence-electron chi connectivity index (χ3n) is 8.13. The van der Waals surface area contributed by atoms with Crippen LogP contribution < -0.4 is 9.47 Å². The molecule has 1 saturated carbocycles. The molecule has 0 unspecified atom stereocenters. The van der Waals surface area contributed by atoms with E-state index in [4.69, 9.17) is 9.47 Å². The lowest BCUT2D eigenvalue weighted by atomic mass is 9.78. The Bertz CT molecular complexity index is 1320. The fourth-order valence-electron chi connectivity index (χ4n) is 5.89. The van der Waals surface area contributed by atoms with Crippen LogP contribution in [0.2, 0.25) is 0 Å². The van der Waals surface area contributed by atoms with E-state index in [1.165, 1.54) is 7.11 Å². The maximum Gasteiger partial charge on any atom is 0.392 e. The Morgan fingerprint density at radius 3 is 2.65 bits per heavy atom. The van der Waals surface area contributed by atoms with Gasteiger partial charge in [-0.05, 0) is 49.8 Å². The summed E-state index contributed by atoms with van der Waals surface area (Å²) in [6.07, 6.45) is 3.02. The zero-order valence-corrected chi connectivity index (χ0v) is 22.8. The number of rotatable bonds is 10. The van der Waals surface area contributed by atoms with Gasteiger partial charge in [0.2, 0.25) is 5.88 Å². The minimum absolute atomic E-state index is 0.113. The Morgan fingerprint density at radius 1 is 1.07 bits per heavy atom. The Kier molecular flexibility index (Phi) is 8.83. The summed E-state index contributed by atoms with van der Waals surface area (Å²) in [4.78, 5) is 28.4. The van der Waals surface area contributed by atoms with Gasteiger partial charge in [0.05, 0.1) is 36.9 Å². The second-order valence-electron chi connectivity index (χ2n) is 10.9. The summed E-state index contributed by atoms with van der Waals surface area (Å²) in [6, 6.07) is 9.69. The Balaban J connectivity index is 1.11. The quantitative estimate of drug-likeness (QED) is 0.276. The topological polar surface area (TPSA) is 77.4 Å². The number of hydrogen-bond acceptors (Lipinski definition) is 7. The number of ether oxygens (including phenoxy) is 2. The first-order valence-corrected chi connectivity index (χ1v) is 14.0. The number of alkyl halides is 3. The van der Waals surface area contributed by atoms with Crippen LogP contribution in [0.4, 0.5) is 13.2 Å². The molecule has 0 atom stereocenters. The number of carbonyl (C=O) groups excluding carboxylic acids is 1. The standard InChI is InChI=1S/C30H35F3N4O3/c1-39-29-35-26-12-16-37(19-24(26)28(36-29)40-17-13-30(31,32)33)15-11-20-7-9-21(10-8-20)18-27(38)23-4-2-6-25-22(23)5-3-14-34-25/h2-6,14,20-21H,7-13,15-19H2,1H3. The number of methoxy groups -OCH3 is 1. The van der Waals surface area contributed by atoms with E-state index in [0.29, 0.717) is 31.2 Å². The number of benzene rings is 1. The van der Waals surface area contributed by atoms with Gasteiger partial charge in [0.1, 0.15) is 0 Å². The van der Waals surface area contributed by atoms with Crippen molar-refractivity contribution in [3.63, 3.8) is 0 Å². The van der Waals surface area contributed by atoms with E-state index in [0.717, 1.165) is 72.9 Å². The van der Waals surface area contributed by atoms with E-state index in [-0.39, 0.29) is 17.7 Å². The molecule has 0 bridgehead atoms. The molecule has 0 N–H and O–H groups in total. The van der Waals surface area contributed by atoms with E-state index in [1.807, 2.05) is 30.3 Å². The fourth-order valence-corrected chi connectivity index (χ4v) is 5.89. The highest BCUT2D eigenvalue weighted by Gasteiger charge is 2.29. The van der Waals surface area contributed by atoms with Gasteiger partial charge in [-0.1, -0.05) is 31.0 Å². The summed E-state index contributed by atoms with van der Waals surface area (Å²) in [7, 11) is 1.43. The van der Waals surface area contributed by atoms with Gasteiger partial charge in [0.15, 0.2) is 5.78 Å². The highest BCUT2D eigenvalue weighted by atomic mass is 19.4. The first kappa shape index (κ1) is 28.3. The van der Waals surface area contributed by atoms with Crippen LogP contribution in [0.3, 0.4) is 0 Å². The lowest BCUT2D eigenvalue weighted by molar-refractivity contribution is -0.139. The normalized spacial score (nSPS) is 19.8. The SMILES string of the molecule is COc1nc2c(c(OCCC(F)(F)F)n1)CN(CCC1CCC(CC(=O)c3cccc4ncccc34)CC1)CC2. The lowest BCUT2D eigenvalue weighted by Crippen LogP contribution is -2.34. The first-order valence-electron chi connectivity index (χ1n) is 14.0. The van der Waals surface area contributed by atoms with Crippen LogP contribution in [0.25, 0.3) is 10.9 Å². The summed E-state index contributed by atoms with van der Waals surface area (Å²) in [5.74, 6) is 1.38. The van der Waals surface area contributed by atoms with Gasteiger partial charge in [0, 0.05) is 43.1 Å². The van der Waals surface area contributed by atoms with E-state index >= 15 is 0 Å². The summed E-state index contributed by atoms with van der Waals surface area (Å²) in [5.41, 5.74) is 3.14. The summed E-state index contributed by atoms with van der Waals surface area (Å²) in [5, 5.41) is 0.921. The fraction of sp³-hybridized carbons (Fsp3) is 0.533. The van der Waals surface area contributed by atoms with Crippen molar-refractivity contribution in [3.8, 4) is 11.9 Å². The number of aromatic nitrogens is 3. The van der Waals surface area contributed by atoms with Crippen LogP contribution in [0.15, 0.2) is 36.5 Å². The molecule has 1 aromatic carbocycles. The average molecular weight is 557 g/mol. The van der Waals surface area contributed by atoms with Crippen LogP contribution in [-0.4, -0.2) is 58.6 Å². The third-order valence-corrected chi connectivity index (χ3v) is 8.13. The van der Waals surface area contributed by atoms with E-state index in [1.54, 1.807) is 6.20 Å². The summed E-state index contributed by atoms with van der Waals surface area (Å²) in [6.45, 7) is 1.77. The number of fused-ring (bicyclic) bond motifs is 2. The second kappa shape index (κ2) is 12.5. The van der Waals surface area contributed by atoms with Crippen molar-refractivity contribution in [1.29, 1.82) is 0 Å². The van der Waals surface area contributed by atoms with E-state index in [2.05, 4.69) is 19.9 Å². The lowest BCUT2D eigenvalue weighted by Gasteiger charge is -2.32. The number of Topliss-reactive ketones (excluding diaryl/α,β-unsaturated/α-hetero) is 1. The van der Waals surface area contributed by atoms with Crippen LogP contribution in [0, 0.1) is 11.8 Å². The molecule has 3 aromatic rings. The highest BCUT2D eigenvalue weighted by molar-refractivity contribution is 6.07. The molecule has 0 saturated heterocycles. The molecule has 214 valence electrons. The molecule has 0 amide bonds. The largest absolute Gasteiger partial charge is 0.477 e. The Hall–Kier alpha value is -3.27. The molecule has 10 heteroatoms. The molecule has 0 radical (unpaired) electrons. The number of pyridine rings is 1. The van der Waals surface area contributed by atoms with Gasteiger partial charge in [-0.25, -0.2) is 0 Å². The first-order chi connectivity index (χ1) is 19.3. The maximum atomic E-state index is 13.1. The maximum absolute atomic E-state index is 13.1. The van der Waals surface area contributed by atoms with Crippen molar-refractivity contribution < 1.29 is 27.4 Å². The summed E-state index contributed by atoms with van der Waals surface area (Å²) < 4.78 is 48.5. The van der Waals surface area contributed by atoms with Crippen molar-refractivity contribution in [2.75, 3.05) is 26.8 Å². The zero-order chi connectivity index (χ0) is 28.1. The van der Waals surface area contributed by atoms with E-state index in [9.17, 15) is 18.0 Å². The number of carbonyl (C=O) groups is 1. The number of hydrogen-bond donors (Lipinski definition) is 0. The predicted octanol–water partition coefficient (Wildman–Crippen LogP) is 6.19. The van der Waals surface area contributed by atoms with Crippen molar-refractivity contribution in [2.45, 2.75) is 64.1 Å². The second-order valence-corrected chi connectivity index (χ2v) is 10.9. The molecule has 1 aliphatic carbocycles. The number of nitrogens with zero attached hydrogens (tertiary/aromatic N) is 4. The average Bonchev–Trinajstić information content (AvgIpc) is 2.95. The highest BCUT2D eigenvalue weighted by Crippen LogP contribution is 2.35. The number of ketones is 1.